The Morgan fingerprint density at radius 3 is 2.52 bits per heavy atom. The number of rotatable bonds is 6. The number of nitrogens with one attached hydrogen (secondary N) is 1. The van der Waals surface area contributed by atoms with Gasteiger partial charge in [-0.3, -0.25) is 4.90 Å². The molecule has 7 nitrogen and oxygen atoms in total. The average Bonchev–Trinajstić information content (AvgIpc) is 2.72. The highest BCUT2D eigenvalue weighted by Gasteiger charge is 2.32. The number of nitrogens with zero attached hydrogens (tertiary/aromatic N) is 4. The summed E-state index contributed by atoms with van der Waals surface area (Å²) in [5.74, 6) is 1.41. The Hall–Kier alpha value is -3.04. The maximum atomic E-state index is 13.0. The van der Waals surface area contributed by atoms with Gasteiger partial charge >= 0.3 is 12.3 Å². The van der Waals surface area contributed by atoms with Crippen LogP contribution in [-0.4, -0.2) is 47.8 Å². The van der Waals surface area contributed by atoms with Crippen molar-refractivity contribution in [3.8, 4) is 0 Å². The molecule has 0 unspecified atom stereocenters. The number of aromatic nitrogens is 2. The van der Waals surface area contributed by atoms with Crippen LogP contribution in [0.15, 0.2) is 36.5 Å². The maximum Gasteiger partial charge on any atom is 0.416 e. The number of halogens is 3. The van der Waals surface area contributed by atoms with E-state index in [0.717, 1.165) is 48.5 Å². The van der Waals surface area contributed by atoms with Gasteiger partial charge in [-0.25, -0.2) is 9.78 Å². The van der Waals surface area contributed by atoms with E-state index in [1.807, 2.05) is 25.1 Å². The van der Waals surface area contributed by atoms with Crippen LogP contribution in [0.5, 0.6) is 0 Å². The van der Waals surface area contributed by atoms with Crippen molar-refractivity contribution in [1.82, 2.24) is 9.97 Å². The molecule has 168 valence electrons. The molecule has 3 rings (SSSR count). The van der Waals surface area contributed by atoms with E-state index in [2.05, 4.69) is 15.3 Å². The number of carbonyl (C=O) groups is 1. The van der Waals surface area contributed by atoms with Gasteiger partial charge in [0.2, 0.25) is 5.95 Å². The molecule has 2 N–H and O–H groups in total. The molecule has 1 fully saturated rings. The molecule has 0 bridgehead atoms. The lowest BCUT2D eigenvalue weighted by Gasteiger charge is -2.32. The largest absolute Gasteiger partial charge is 0.465 e. The fraction of sp³-hybridized carbons (Fsp3) is 0.476. The highest BCUT2D eigenvalue weighted by molar-refractivity contribution is 5.86. The zero-order valence-corrected chi connectivity index (χ0v) is 17.4. The quantitative estimate of drug-likeness (QED) is 0.681. The van der Waals surface area contributed by atoms with E-state index in [4.69, 9.17) is 0 Å². The van der Waals surface area contributed by atoms with E-state index in [0.29, 0.717) is 5.95 Å². The van der Waals surface area contributed by atoms with Crippen LogP contribution in [0.25, 0.3) is 0 Å². The summed E-state index contributed by atoms with van der Waals surface area (Å²) in [6.45, 7) is 0.163. The zero-order chi connectivity index (χ0) is 22.6. The fourth-order valence-electron chi connectivity index (χ4n) is 3.74. The third kappa shape index (κ3) is 5.99. The molecule has 0 aliphatic heterocycles. The number of hydrogen-bond acceptors (Lipinski definition) is 5. The Kier molecular flexibility index (Phi) is 6.87. The van der Waals surface area contributed by atoms with Crippen LogP contribution < -0.4 is 15.1 Å². The summed E-state index contributed by atoms with van der Waals surface area (Å²) < 4.78 is 39.0. The highest BCUT2D eigenvalue weighted by atomic mass is 19.4. The van der Waals surface area contributed by atoms with Crippen molar-refractivity contribution in [1.29, 1.82) is 0 Å². The minimum absolute atomic E-state index is 0.0384. The van der Waals surface area contributed by atoms with Gasteiger partial charge in [-0.15, -0.1) is 0 Å². The lowest BCUT2D eigenvalue weighted by atomic mass is 9.85. The van der Waals surface area contributed by atoms with E-state index < -0.39 is 17.8 Å². The van der Waals surface area contributed by atoms with Gasteiger partial charge in [0.25, 0.3) is 0 Å². The van der Waals surface area contributed by atoms with Crippen molar-refractivity contribution >= 4 is 23.5 Å². The van der Waals surface area contributed by atoms with Crippen LogP contribution in [0.3, 0.4) is 0 Å². The molecule has 0 spiro atoms. The SMILES string of the molecule is CN(C)c1ccnc(NC2CCC(CN(C(=O)O)c3cccc(C(F)(F)F)c3)CC2)n1. The molecule has 10 heteroatoms. The zero-order valence-electron chi connectivity index (χ0n) is 17.4. The molecule has 1 saturated carbocycles. The van der Waals surface area contributed by atoms with Crippen LogP contribution >= 0.6 is 0 Å². The first-order valence-electron chi connectivity index (χ1n) is 10.1. The Labute approximate surface area is 178 Å². The first-order valence-corrected chi connectivity index (χ1v) is 10.1. The number of alkyl halides is 3. The first kappa shape index (κ1) is 22.6. The van der Waals surface area contributed by atoms with Gasteiger partial charge in [0.05, 0.1) is 5.56 Å². The summed E-state index contributed by atoms with van der Waals surface area (Å²) >= 11 is 0. The molecule has 1 amide bonds. The highest BCUT2D eigenvalue weighted by Crippen LogP contribution is 2.33. The van der Waals surface area contributed by atoms with Crippen molar-refractivity contribution in [3.05, 3.63) is 42.1 Å². The predicted molar refractivity (Wildman–Crippen MR) is 113 cm³/mol. The lowest BCUT2D eigenvalue weighted by molar-refractivity contribution is -0.137. The number of hydrogen-bond donors (Lipinski definition) is 2. The molecule has 0 radical (unpaired) electrons. The minimum Gasteiger partial charge on any atom is -0.465 e. The number of carboxylic acid groups (broad SMARTS) is 1. The van der Waals surface area contributed by atoms with Crippen LogP contribution in [0, 0.1) is 5.92 Å². The monoisotopic (exact) mass is 437 g/mol. The van der Waals surface area contributed by atoms with Crippen molar-refractivity contribution in [2.45, 2.75) is 37.9 Å². The van der Waals surface area contributed by atoms with Gasteiger partial charge in [0.1, 0.15) is 5.82 Å². The van der Waals surface area contributed by atoms with Gasteiger partial charge in [-0.1, -0.05) is 6.07 Å². The van der Waals surface area contributed by atoms with Crippen LogP contribution in [0.4, 0.5) is 35.4 Å². The lowest BCUT2D eigenvalue weighted by Crippen LogP contribution is -2.37. The summed E-state index contributed by atoms with van der Waals surface area (Å²) in [5, 5.41) is 12.9. The van der Waals surface area contributed by atoms with E-state index in [9.17, 15) is 23.1 Å². The van der Waals surface area contributed by atoms with Gasteiger partial charge in [0.15, 0.2) is 0 Å². The van der Waals surface area contributed by atoms with Crippen LogP contribution in [0.1, 0.15) is 31.2 Å². The molecule has 0 atom stereocenters. The molecule has 1 aliphatic rings. The van der Waals surface area contributed by atoms with Crippen LogP contribution in [0.2, 0.25) is 0 Å². The fourth-order valence-corrected chi connectivity index (χ4v) is 3.74. The van der Waals surface area contributed by atoms with Crippen molar-refractivity contribution < 1.29 is 23.1 Å². The molecule has 2 aromatic rings. The summed E-state index contributed by atoms with van der Waals surface area (Å²) in [7, 11) is 3.80. The molecular weight excluding hydrogens is 411 g/mol. The third-order valence-corrected chi connectivity index (χ3v) is 5.44. The van der Waals surface area contributed by atoms with Crippen molar-refractivity contribution in [2.24, 2.45) is 5.92 Å². The summed E-state index contributed by atoms with van der Waals surface area (Å²) in [6.07, 6.45) is -0.964. The molecular formula is C21H26F3N5O2. The van der Waals surface area contributed by atoms with Crippen LogP contribution in [-0.2, 0) is 6.18 Å². The standard InChI is InChI=1S/C21H26F3N5O2/c1-28(2)18-10-11-25-19(27-18)26-16-8-6-14(7-9-16)13-29(20(30)31)17-5-3-4-15(12-17)21(22,23)24/h3-5,10-12,14,16H,6-9,13H2,1-2H3,(H,30,31)(H,25,26,27). The maximum absolute atomic E-state index is 13.0. The third-order valence-electron chi connectivity index (χ3n) is 5.44. The summed E-state index contributed by atoms with van der Waals surface area (Å²) in [6, 6.07) is 6.43. The van der Waals surface area contributed by atoms with E-state index >= 15 is 0 Å². The summed E-state index contributed by atoms with van der Waals surface area (Å²) in [4.78, 5) is 23.3. The van der Waals surface area contributed by atoms with E-state index in [1.54, 1.807) is 6.20 Å². The van der Waals surface area contributed by atoms with Gasteiger partial charge in [0, 0.05) is 38.6 Å². The topological polar surface area (TPSA) is 81.6 Å². The second-order valence-corrected chi connectivity index (χ2v) is 7.94. The second-order valence-electron chi connectivity index (χ2n) is 7.94. The Balaban J connectivity index is 1.60. The van der Waals surface area contributed by atoms with Gasteiger partial charge < -0.3 is 15.3 Å². The Bertz CT molecular complexity index is 899. The van der Waals surface area contributed by atoms with Gasteiger partial charge in [-0.05, 0) is 55.9 Å². The smallest absolute Gasteiger partial charge is 0.416 e. The normalized spacial score (nSPS) is 19.0. The van der Waals surface area contributed by atoms with Gasteiger partial charge in [-0.2, -0.15) is 18.2 Å². The number of anilines is 3. The average molecular weight is 437 g/mol. The predicted octanol–water partition coefficient (Wildman–Crippen LogP) is 4.72. The summed E-state index contributed by atoms with van der Waals surface area (Å²) in [5.41, 5.74) is -0.819. The van der Waals surface area contributed by atoms with E-state index in [1.165, 1.54) is 12.1 Å². The second kappa shape index (κ2) is 9.40. The molecule has 1 heterocycles. The number of amides is 1. The van der Waals surface area contributed by atoms with E-state index in [-0.39, 0.29) is 24.2 Å². The minimum atomic E-state index is -4.52. The Morgan fingerprint density at radius 1 is 1.19 bits per heavy atom. The van der Waals surface area contributed by atoms with Crippen molar-refractivity contribution in [2.75, 3.05) is 35.8 Å². The molecule has 1 aromatic heterocycles. The molecule has 0 saturated heterocycles. The molecule has 1 aromatic carbocycles. The van der Waals surface area contributed by atoms with Crippen molar-refractivity contribution in [3.63, 3.8) is 0 Å². The molecule has 31 heavy (non-hydrogen) atoms. The first-order chi connectivity index (χ1) is 14.6. The number of benzene rings is 1. The molecule has 1 aliphatic carbocycles. The Morgan fingerprint density at radius 2 is 1.90 bits per heavy atom.